The van der Waals surface area contributed by atoms with E-state index in [1.165, 1.54) is 0 Å². The van der Waals surface area contributed by atoms with Gasteiger partial charge in [0, 0.05) is 65.2 Å². The van der Waals surface area contributed by atoms with Crippen molar-refractivity contribution < 1.29 is 198 Å². The summed E-state index contributed by atoms with van der Waals surface area (Å²) in [5, 5.41) is 66.9. The molecule has 0 heterocycles. The van der Waals surface area contributed by atoms with Crippen LogP contribution in [0.25, 0.3) is 0 Å². The van der Waals surface area contributed by atoms with Crippen LogP contribution < -0.4 is 125 Å². The van der Waals surface area contributed by atoms with E-state index in [0.29, 0.717) is 6.40 Å². The van der Waals surface area contributed by atoms with Crippen molar-refractivity contribution in [2.45, 2.75) is 31.3 Å². The van der Waals surface area contributed by atoms with E-state index in [1.54, 1.807) is 0 Å². The van der Waals surface area contributed by atoms with Gasteiger partial charge in [0.15, 0.2) is 6.40 Å². The fourth-order valence-corrected chi connectivity index (χ4v) is 3.45. The van der Waals surface area contributed by atoms with Crippen LogP contribution in [0.3, 0.4) is 0 Å². The molecule has 0 aliphatic heterocycles. The Balaban J connectivity index is -0.00000133. The molecule has 45 heavy (non-hydrogen) atoms. The molecule has 2 unspecified atom stereocenters. The smallest absolute Gasteiger partial charge is 0.549 e. The minimum Gasteiger partial charge on any atom is -0.549 e. The van der Waals surface area contributed by atoms with E-state index >= 15 is 0 Å². The number of hydrogen-bond donors (Lipinski definition) is 1. The fraction of sp³-hybridized carbons (Fsp3) is 0.636. The second-order valence-electron chi connectivity index (χ2n) is 8.53. The maximum atomic E-state index is 11.9. The zero-order valence-corrected chi connectivity index (χ0v) is 33.4. The second-order valence-corrected chi connectivity index (χ2v) is 8.53. The molecule has 0 aliphatic carbocycles. The van der Waals surface area contributed by atoms with E-state index in [0.717, 1.165) is 14.7 Å². The number of amides is 1. The maximum absolute atomic E-state index is 11.9. The first-order valence-electron chi connectivity index (χ1n) is 11.9. The molecule has 0 rings (SSSR count). The van der Waals surface area contributed by atoms with Crippen LogP contribution in [0.2, 0.25) is 0 Å². The molecule has 0 fully saturated rings. The normalized spacial score (nSPS) is 11.7. The van der Waals surface area contributed by atoms with E-state index in [9.17, 15) is 64.2 Å². The molecule has 0 aromatic rings. The van der Waals surface area contributed by atoms with Crippen LogP contribution in [-0.4, -0.2) is 134 Å². The van der Waals surface area contributed by atoms with Gasteiger partial charge in [0.1, 0.15) is 0 Å². The van der Waals surface area contributed by atoms with E-state index in [1.807, 2.05) is 0 Å². The summed E-state index contributed by atoms with van der Waals surface area (Å²) in [6.07, 6.45) is -0.262. The van der Waals surface area contributed by atoms with Crippen LogP contribution in [0.5, 0.6) is 0 Å². The van der Waals surface area contributed by atoms with Gasteiger partial charge >= 0.3 is 129 Å². The SMILES string of the molecule is NC(=O)CCC(N=COCCC(C(=O)[O-])N(CCN(CC(=O)[O-])CC(=O)[O-])CCN(CC(=O)[O-])CC(=O)[O-])C(=O)[O-].[Gd+3].[Na+].[Na+].[Na+]. The Morgan fingerprint density at radius 2 is 1.07 bits per heavy atom. The molecule has 0 aromatic heterocycles. The number of hydrogen-bond acceptors (Lipinski definition) is 18. The first-order chi connectivity index (χ1) is 19.1. The molecule has 2 atom stereocenters. The van der Waals surface area contributed by atoms with Gasteiger partial charge in [-0.3, -0.25) is 19.5 Å². The predicted molar refractivity (Wildman–Crippen MR) is 120 cm³/mol. The number of carbonyl (C=O) groups excluding carboxylic acids is 7. The Bertz CT molecular complexity index is 910. The molecule has 0 saturated carbocycles. The molecule has 0 bridgehead atoms. The summed E-state index contributed by atoms with van der Waals surface area (Å²) in [7, 11) is 0. The zero-order chi connectivity index (χ0) is 31.5. The molecule has 0 saturated heterocycles. The Morgan fingerprint density at radius 1 is 0.667 bits per heavy atom. The van der Waals surface area contributed by atoms with E-state index in [-0.39, 0.29) is 174 Å². The maximum Gasteiger partial charge on any atom is 3.00 e. The summed E-state index contributed by atoms with van der Waals surface area (Å²) < 4.78 is 5.03. The Morgan fingerprint density at radius 3 is 1.38 bits per heavy atom. The number of ether oxygens (including phenoxy) is 1. The van der Waals surface area contributed by atoms with Crippen LogP contribution in [0, 0.1) is 39.9 Å². The van der Waals surface area contributed by atoms with Crippen LogP contribution in [0.1, 0.15) is 19.3 Å². The van der Waals surface area contributed by atoms with Crippen LogP contribution in [0.15, 0.2) is 4.99 Å². The van der Waals surface area contributed by atoms with Crippen molar-refractivity contribution >= 4 is 48.1 Å². The number of primary amides is 1. The average molecular weight is 814 g/mol. The van der Waals surface area contributed by atoms with Gasteiger partial charge in [-0.05, 0) is 6.42 Å². The molecular formula is C22H29GdN5Na3O14. The van der Waals surface area contributed by atoms with Crippen molar-refractivity contribution in [1.82, 2.24) is 14.7 Å². The van der Waals surface area contributed by atoms with E-state index in [2.05, 4.69) is 4.99 Å². The number of carbonyl (C=O) groups is 7. The van der Waals surface area contributed by atoms with Crippen LogP contribution in [0.4, 0.5) is 0 Å². The van der Waals surface area contributed by atoms with Gasteiger partial charge in [-0.25, -0.2) is 4.99 Å². The predicted octanol–water partition coefficient (Wildman–Crippen LogP) is -20.2. The molecule has 0 spiro atoms. The number of aliphatic imine (C=N–C) groups is 1. The number of carboxylic acids is 6. The minimum atomic E-state index is -1.68. The quantitative estimate of drug-likeness (QED) is 0.0387. The summed E-state index contributed by atoms with van der Waals surface area (Å²) in [6, 6.07) is -3.01. The molecule has 1 amide bonds. The van der Waals surface area contributed by atoms with Crippen molar-refractivity contribution in [1.29, 1.82) is 0 Å². The standard InChI is InChI=1S/C22H35N5O14.Gd.3Na/c23-16(28)2-1-14(21(37)38)24-13-41-8-3-15(22(39)40)27(6-4-25(9-17(29)30)10-18(31)32)7-5-26(11-19(33)34)12-20(35)36;;;;/h13-15H,1-12H2,(H2,23,28)(H,29,30)(H,31,32)(H,33,34)(H,35,36)(H,37,38)(H,39,40);;;;/q;+3;3*+1/p-6. The van der Waals surface area contributed by atoms with Gasteiger partial charge in [-0.15, -0.1) is 0 Å². The number of nitrogens with two attached hydrogens (primary N) is 1. The third-order valence-corrected chi connectivity index (χ3v) is 5.29. The Labute approximate surface area is 356 Å². The van der Waals surface area contributed by atoms with Crippen molar-refractivity contribution in [3.05, 3.63) is 0 Å². The van der Waals surface area contributed by atoms with E-state index < -0.39 is 86.6 Å². The molecule has 1 radical (unpaired) electrons. The summed E-state index contributed by atoms with van der Waals surface area (Å²) in [5.41, 5.74) is 4.95. The topological polar surface area (TPSA) is 315 Å². The zero-order valence-electron chi connectivity index (χ0n) is 25.2. The van der Waals surface area contributed by atoms with Gasteiger partial charge in [0.05, 0.1) is 54.5 Å². The third kappa shape index (κ3) is 29.8. The van der Waals surface area contributed by atoms with Crippen LogP contribution >= 0.6 is 0 Å². The third-order valence-electron chi connectivity index (χ3n) is 5.29. The number of aliphatic carboxylic acids is 6. The molecular weight excluding hydrogens is 784 g/mol. The summed E-state index contributed by atoms with van der Waals surface area (Å²) >= 11 is 0. The van der Waals surface area contributed by atoms with Gasteiger partial charge < -0.3 is 69.9 Å². The van der Waals surface area contributed by atoms with Gasteiger partial charge in [0.25, 0.3) is 0 Å². The minimum absolute atomic E-state index is 0. The molecule has 0 aliphatic rings. The molecule has 19 nitrogen and oxygen atoms in total. The number of nitrogens with zero attached hydrogens (tertiary/aromatic N) is 4. The second kappa shape index (κ2) is 31.2. The van der Waals surface area contributed by atoms with Crippen molar-refractivity contribution in [2.24, 2.45) is 10.7 Å². The van der Waals surface area contributed by atoms with Crippen LogP contribution in [-0.2, 0) is 38.3 Å². The average Bonchev–Trinajstić information content (AvgIpc) is 2.81. The van der Waals surface area contributed by atoms with Gasteiger partial charge in [-0.2, -0.15) is 0 Å². The van der Waals surface area contributed by atoms with E-state index in [4.69, 9.17) is 10.5 Å². The summed E-state index contributed by atoms with van der Waals surface area (Å²) in [6.45, 7) is -5.21. The monoisotopic (exact) mass is 814 g/mol. The van der Waals surface area contributed by atoms with Crippen molar-refractivity contribution in [3.8, 4) is 0 Å². The molecule has 23 heteroatoms. The summed E-state index contributed by atoms with van der Waals surface area (Å²) in [4.78, 5) is 84.1. The fourth-order valence-electron chi connectivity index (χ4n) is 3.45. The molecule has 0 aromatic carbocycles. The Kier molecular flexibility index (Phi) is 37.8. The number of carboxylic acid groups (broad SMARTS) is 6. The largest absolute Gasteiger partial charge is 3.00 e. The van der Waals surface area contributed by atoms with Gasteiger partial charge in [0.2, 0.25) is 5.91 Å². The van der Waals surface area contributed by atoms with Crippen molar-refractivity contribution in [2.75, 3.05) is 59.0 Å². The Hall–Kier alpha value is -0.0353. The number of rotatable bonds is 25. The molecule has 237 valence electrons. The van der Waals surface area contributed by atoms with Crippen molar-refractivity contribution in [3.63, 3.8) is 0 Å². The first-order valence-corrected chi connectivity index (χ1v) is 11.9. The molecule has 2 N–H and O–H groups in total. The van der Waals surface area contributed by atoms with Gasteiger partial charge in [-0.1, -0.05) is 0 Å². The summed E-state index contributed by atoms with van der Waals surface area (Å²) in [5.74, 6) is -10.6. The first kappa shape index (κ1) is 54.4.